The van der Waals surface area contributed by atoms with Crippen molar-refractivity contribution in [1.29, 1.82) is 0 Å². The van der Waals surface area contributed by atoms with E-state index < -0.39 is 16.6 Å². The summed E-state index contributed by atoms with van der Waals surface area (Å²) in [7, 11) is 0. The minimum atomic E-state index is -0.620. The molecule has 2 aromatic carbocycles. The first kappa shape index (κ1) is 16.8. The highest BCUT2D eigenvalue weighted by Gasteiger charge is 2.20. The van der Waals surface area contributed by atoms with Crippen LogP contribution in [0.4, 0.5) is 10.1 Å². The Labute approximate surface area is 147 Å². The Morgan fingerprint density at radius 1 is 1.32 bits per heavy atom. The second kappa shape index (κ2) is 7.14. The van der Waals surface area contributed by atoms with Crippen LogP contribution in [-0.4, -0.2) is 10.8 Å². The molecule has 0 aliphatic heterocycles. The fourth-order valence-corrected chi connectivity index (χ4v) is 2.59. The first-order valence-corrected chi connectivity index (χ1v) is 7.91. The molecule has 0 bridgehead atoms. The number of hydrogen-bond donors (Lipinski definition) is 1. The van der Waals surface area contributed by atoms with Crippen molar-refractivity contribution < 1.29 is 14.1 Å². The van der Waals surface area contributed by atoms with Gasteiger partial charge < -0.3 is 5.32 Å². The van der Waals surface area contributed by atoms with E-state index in [9.17, 15) is 19.3 Å². The van der Waals surface area contributed by atoms with Gasteiger partial charge in [0.15, 0.2) is 0 Å². The van der Waals surface area contributed by atoms with Crippen LogP contribution in [0.5, 0.6) is 0 Å². The maximum atomic E-state index is 13.7. The zero-order valence-electron chi connectivity index (χ0n) is 11.0. The Balaban J connectivity index is 2.18. The molecule has 2 rings (SSSR count). The number of nitrogens with zero attached hydrogens (tertiary/aromatic N) is 1. The number of amides is 1. The monoisotopic (exact) mass is 478 g/mol. The molecule has 1 amide bonds. The van der Waals surface area contributed by atoms with Gasteiger partial charge in [0.1, 0.15) is 11.4 Å². The Hall–Kier alpha value is -1.55. The topological polar surface area (TPSA) is 72.2 Å². The van der Waals surface area contributed by atoms with E-state index in [1.807, 2.05) is 22.6 Å². The van der Waals surface area contributed by atoms with Crippen LogP contribution in [0, 0.1) is 19.5 Å². The van der Waals surface area contributed by atoms with Gasteiger partial charge in [-0.05, 0) is 46.9 Å². The van der Waals surface area contributed by atoms with Crippen molar-refractivity contribution >= 4 is 50.1 Å². The van der Waals surface area contributed by atoms with Crippen LogP contribution in [0.25, 0.3) is 0 Å². The van der Waals surface area contributed by atoms with Crippen LogP contribution < -0.4 is 5.32 Å². The molecule has 0 unspecified atom stereocenters. The second-order valence-electron chi connectivity index (χ2n) is 4.34. The molecule has 5 nitrogen and oxygen atoms in total. The summed E-state index contributed by atoms with van der Waals surface area (Å²) in [4.78, 5) is 22.5. The van der Waals surface area contributed by atoms with Crippen molar-refractivity contribution in [1.82, 2.24) is 5.32 Å². The minimum Gasteiger partial charge on any atom is -0.348 e. The fraction of sp³-hybridized carbons (Fsp3) is 0.0714. The van der Waals surface area contributed by atoms with Gasteiger partial charge >= 0.3 is 0 Å². The van der Waals surface area contributed by atoms with Crippen molar-refractivity contribution in [2.24, 2.45) is 0 Å². The van der Waals surface area contributed by atoms with Crippen LogP contribution in [0.15, 0.2) is 40.9 Å². The molecule has 0 aliphatic rings. The maximum Gasteiger partial charge on any atom is 0.283 e. The highest BCUT2D eigenvalue weighted by atomic mass is 127. The Morgan fingerprint density at radius 2 is 2.05 bits per heavy atom. The summed E-state index contributed by atoms with van der Waals surface area (Å²) in [6.45, 7) is -0.0545. The van der Waals surface area contributed by atoms with Gasteiger partial charge in [0, 0.05) is 26.2 Å². The number of nitro groups is 1. The molecule has 0 saturated carbocycles. The maximum absolute atomic E-state index is 13.7. The molecule has 0 aliphatic carbocycles. The predicted molar refractivity (Wildman–Crippen MR) is 91.1 cm³/mol. The number of nitrogens with one attached hydrogen (secondary N) is 1. The van der Waals surface area contributed by atoms with Gasteiger partial charge in [0.2, 0.25) is 0 Å². The average Bonchev–Trinajstić information content (AvgIpc) is 2.45. The standard InChI is InChI=1S/C14H9BrFIN2O3/c15-9-2-1-8(12(16)5-9)7-18-14(20)11-4-3-10(17)6-13(11)19(21)22/h1-6H,7H2,(H,18,20). The normalized spacial score (nSPS) is 10.3. The second-order valence-corrected chi connectivity index (χ2v) is 6.50. The molecule has 0 heterocycles. The van der Waals surface area contributed by atoms with E-state index in [2.05, 4.69) is 21.2 Å². The van der Waals surface area contributed by atoms with Crippen molar-refractivity contribution in [2.75, 3.05) is 0 Å². The lowest BCUT2D eigenvalue weighted by Gasteiger charge is -2.07. The van der Waals surface area contributed by atoms with Gasteiger partial charge in [-0.15, -0.1) is 0 Å². The van der Waals surface area contributed by atoms with E-state index in [4.69, 9.17) is 0 Å². The molecule has 1 N–H and O–H groups in total. The smallest absolute Gasteiger partial charge is 0.283 e. The molecule has 22 heavy (non-hydrogen) atoms. The Kier molecular flexibility index (Phi) is 5.46. The lowest BCUT2D eigenvalue weighted by atomic mass is 10.1. The molecule has 0 radical (unpaired) electrons. The molecule has 0 fully saturated rings. The molecule has 0 spiro atoms. The fourth-order valence-electron chi connectivity index (χ4n) is 1.78. The van der Waals surface area contributed by atoms with Crippen molar-refractivity contribution in [3.8, 4) is 0 Å². The molecule has 114 valence electrons. The molecule has 0 atom stereocenters. The molecule has 0 aromatic heterocycles. The van der Waals surface area contributed by atoms with Gasteiger partial charge in [0.25, 0.3) is 11.6 Å². The van der Waals surface area contributed by atoms with Gasteiger partial charge in [-0.2, -0.15) is 0 Å². The molecule has 0 saturated heterocycles. The molecular weight excluding hydrogens is 470 g/mol. The van der Waals surface area contributed by atoms with Crippen molar-refractivity contribution in [3.05, 3.63) is 71.5 Å². The lowest BCUT2D eigenvalue weighted by molar-refractivity contribution is -0.385. The third kappa shape index (κ3) is 4.01. The van der Waals surface area contributed by atoms with Crippen LogP contribution in [0.2, 0.25) is 0 Å². The van der Waals surface area contributed by atoms with E-state index in [1.54, 1.807) is 12.1 Å². The van der Waals surface area contributed by atoms with Crippen molar-refractivity contribution in [2.45, 2.75) is 6.54 Å². The first-order valence-electron chi connectivity index (χ1n) is 6.04. The number of halogens is 3. The van der Waals surface area contributed by atoms with Crippen LogP contribution in [0.3, 0.4) is 0 Å². The van der Waals surface area contributed by atoms with E-state index >= 15 is 0 Å². The number of carbonyl (C=O) groups excluding carboxylic acids is 1. The lowest BCUT2D eigenvalue weighted by Crippen LogP contribution is -2.24. The quantitative estimate of drug-likeness (QED) is 0.409. The summed E-state index contributed by atoms with van der Waals surface area (Å²) in [5.74, 6) is -1.09. The number of rotatable bonds is 4. The van der Waals surface area contributed by atoms with E-state index in [1.165, 1.54) is 24.3 Å². The summed E-state index contributed by atoms with van der Waals surface area (Å²) in [5, 5.41) is 13.5. The van der Waals surface area contributed by atoms with Crippen LogP contribution in [0.1, 0.15) is 15.9 Å². The first-order chi connectivity index (χ1) is 10.4. The zero-order valence-corrected chi connectivity index (χ0v) is 14.7. The van der Waals surface area contributed by atoms with E-state index in [0.717, 1.165) is 0 Å². The number of carbonyl (C=O) groups is 1. The SMILES string of the molecule is O=C(NCc1ccc(Br)cc1F)c1ccc(I)cc1[N+](=O)[O-]. The predicted octanol–water partition coefficient (Wildman–Crippen LogP) is 4.03. The average molecular weight is 479 g/mol. The van der Waals surface area contributed by atoms with Gasteiger partial charge in [-0.1, -0.05) is 22.0 Å². The molecule has 8 heteroatoms. The van der Waals surface area contributed by atoms with E-state index in [0.29, 0.717) is 13.6 Å². The Morgan fingerprint density at radius 3 is 2.68 bits per heavy atom. The highest BCUT2D eigenvalue weighted by Crippen LogP contribution is 2.22. The largest absolute Gasteiger partial charge is 0.348 e. The number of benzene rings is 2. The third-order valence-electron chi connectivity index (χ3n) is 2.86. The summed E-state index contributed by atoms with van der Waals surface area (Å²) in [6, 6.07) is 8.76. The summed E-state index contributed by atoms with van der Waals surface area (Å²) in [5.41, 5.74) is -0.0340. The molecule has 2 aromatic rings. The van der Waals surface area contributed by atoms with Crippen LogP contribution >= 0.6 is 38.5 Å². The summed E-state index contributed by atoms with van der Waals surface area (Å²) < 4.78 is 14.9. The van der Waals surface area contributed by atoms with E-state index in [-0.39, 0.29) is 17.8 Å². The van der Waals surface area contributed by atoms with Crippen LogP contribution in [-0.2, 0) is 6.54 Å². The summed E-state index contributed by atoms with van der Waals surface area (Å²) in [6.07, 6.45) is 0. The number of nitro benzene ring substituents is 1. The van der Waals surface area contributed by atoms with Gasteiger partial charge in [0.05, 0.1) is 4.92 Å². The highest BCUT2D eigenvalue weighted by molar-refractivity contribution is 14.1. The summed E-state index contributed by atoms with van der Waals surface area (Å²) >= 11 is 5.07. The third-order valence-corrected chi connectivity index (χ3v) is 4.02. The zero-order chi connectivity index (χ0) is 16.3. The number of hydrogen-bond acceptors (Lipinski definition) is 3. The van der Waals surface area contributed by atoms with Crippen molar-refractivity contribution in [3.63, 3.8) is 0 Å². The van der Waals surface area contributed by atoms with Gasteiger partial charge in [-0.25, -0.2) is 4.39 Å². The molecular formula is C14H9BrFIN2O3. The minimum absolute atomic E-state index is 0.0528. The van der Waals surface area contributed by atoms with Gasteiger partial charge in [-0.3, -0.25) is 14.9 Å². The Bertz CT molecular complexity index is 755.